The van der Waals surface area contributed by atoms with Gasteiger partial charge in [-0.2, -0.15) is 0 Å². The van der Waals surface area contributed by atoms with Crippen LogP contribution >= 0.6 is 0 Å². The summed E-state index contributed by atoms with van der Waals surface area (Å²) in [6.07, 6.45) is 0. The maximum absolute atomic E-state index is 12.6. The minimum atomic E-state index is -0.442. The molecule has 1 amide bonds. The van der Waals surface area contributed by atoms with Crippen LogP contribution < -0.4 is 20.5 Å². The average molecular weight is 448 g/mol. The molecule has 0 atom stereocenters. The van der Waals surface area contributed by atoms with Crippen LogP contribution in [0.2, 0.25) is 0 Å². The molecule has 3 N–H and O–H groups in total. The number of ether oxygens (including phenoxy) is 2. The Labute approximate surface area is 190 Å². The average Bonchev–Trinajstić information content (AvgIpc) is 3.37. The van der Waals surface area contributed by atoms with Gasteiger partial charge in [-0.05, 0) is 38.1 Å². The molecule has 0 unspecified atom stereocenters. The molecule has 33 heavy (non-hydrogen) atoms. The molecule has 10 nitrogen and oxygen atoms in total. The van der Waals surface area contributed by atoms with Gasteiger partial charge < -0.3 is 24.9 Å². The summed E-state index contributed by atoms with van der Waals surface area (Å²) in [5.41, 5.74) is 9.21. The van der Waals surface area contributed by atoms with Crippen LogP contribution in [-0.4, -0.2) is 40.1 Å². The van der Waals surface area contributed by atoms with E-state index in [0.717, 1.165) is 5.56 Å². The number of methoxy groups -OCH3 is 2. The summed E-state index contributed by atoms with van der Waals surface area (Å²) in [7, 11) is 3.15. The highest BCUT2D eigenvalue weighted by Crippen LogP contribution is 2.34. The lowest BCUT2D eigenvalue weighted by atomic mass is 10.2. The summed E-state index contributed by atoms with van der Waals surface area (Å²) >= 11 is 0. The van der Waals surface area contributed by atoms with E-state index in [0.29, 0.717) is 40.1 Å². The molecule has 4 aromatic rings. The molecular formula is C23H24N6O4. The zero-order valence-corrected chi connectivity index (χ0v) is 18.7. The highest BCUT2D eigenvalue weighted by molar-refractivity contribution is 6.05. The third-order valence-electron chi connectivity index (χ3n) is 5.13. The van der Waals surface area contributed by atoms with E-state index in [1.807, 2.05) is 37.3 Å². The molecule has 0 spiro atoms. The zero-order chi connectivity index (χ0) is 23.5. The quantitative estimate of drug-likeness (QED) is 0.440. The molecule has 0 radical (unpaired) electrons. The highest BCUT2D eigenvalue weighted by atomic mass is 16.5. The lowest BCUT2D eigenvalue weighted by Crippen LogP contribution is -2.15. The second kappa shape index (κ2) is 9.03. The van der Waals surface area contributed by atoms with Crippen molar-refractivity contribution in [2.45, 2.75) is 20.4 Å². The third kappa shape index (κ3) is 4.49. The molecule has 0 aliphatic heterocycles. The molecule has 0 aliphatic rings. The summed E-state index contributed by atoms with van der Waals surface area (Å²) in [4.78, 5) is 17.2. The number of carbonyl (C=O) groups is 1. The van der Waals surface area contributed by atoms with Gasteiger partial charge in [-0.1, -0.05) is 22.9 Å². The Kier molecular flexibility index (Phi) is 5.99. The van der Waals surface area contributed by atoms with E-state index in [9.17, 15) is 4.79 Å². The molecule has 2 aromatic carbocycles. The van der Waals surface area contributed by atoms with E-state index in [1.165, 1.54) is 4.68 Å². The fourth-order valence-corrected chi connectivity index (χ4v) is 3.23. The largest absolute Gasteiger partial charge is 0.497 e. The molecule has 0 aliphatic carbocycles. The van der Waals surface area contributed by atoms with Gasteiger partial charge in [0.1, 0.15) is 23.0 Å². The Balaban J connectivity index is 1.55. The highest BCUT2D eigenvalue weighted by Gasteiger charge is 2.21. The summed E-state index contributed by atoms with van der Waals surface area (Å²) < 4.78 is 17.9. The normalized spacial score (nSPS) is 10.8. The monoisotopic (exact) mass is 448 g/mol. The number of nitrogens with one attached hydrogen (secondary N) is 1. The number of carbonyl (C=O) groups excluding carboxylic acids is 1. The summed E-state index contributed by atoms with van der Waals surface area (Å²) in [6.45, 7) is 3.95. The lowest BCUT2D eigenvalue weighted by Gasteiger charge is -2.07. The summed E-state index contributed by atoms with van der Waals surface area (Å²) in [5.74, 6) is 1.89. The van der Waals surface area contributed by atoms with Gasteiger partial charge in [-0.25, -0.2) is 9.67 Å². The summed E-state index contributed by atoms with van der Waals surface area (Å²) in [6, 6.07) is 12.8. The van der Waals surface area contributed by atoms with Gasteiger partial charge in [-0.15, -0.1) is 5.10 Å². The molecule has 0 saturated heterocycles. The number of aryl methyl sites for hydroxylation is 2. The van der Waals surface area contributed by atoms with Crippen molar-refractivity contribution in [3.8, 4) is 23.0 Å². The van der Waals surface area contributed by atoms with Crippen LogP contribution in [0.15, 0.2) is 46.9 Å². The number of aromatic nitrogens is 4. The molecule has 4 rings (SSSR count). The maximum Gasteiger partial charge on any atom is 0.280 e. The van der Waals surface area contributed by atoms with Crippen LogP contribution in [0, 0.1) is 13.8 Å². The minimum Gasteiger partial charge on any atom is -0.497 e. The molecule has 0 saturated carbocycles. The predicted octanol–water partition coefficient (Wildman–Crippen LogP) is 3.45. The van der Waals surface area contributed by atoms with Gasteiger partial charge in [0.05, 0.1) is 26.3 Å². The van der Waals surface area contributed by atoms with Crippen molar-refractivity contribution in [1.29, 1.82) is 0 Å². The number of nitrogen functional groups attached to an aromatic ring is 1. The Hall–Kier alpha value is -4.34. The fourth-order valence-electron chi connectivity index (χ4n) is 3.23. The zero-order valence-electron chi connectivity index (χ0n) is 18.7. The first-order chi connectivity index (χ1) is 15.9. The van der Waals surface area contributed by atoms with E-state index in [4.69, 9.17) is 19.6 Å². The fraction of sp³-hybridized carbons (Fsp3) is 0.217. The Morgan fingerprint density at radius 1 is 1.12 bits per heavy atom. The number of nitrogens with two attached hydrogens (primary N) is 1. The lowest BCUT2D eigenvalue weighted by molar-refractivity contribution is 0.102. The number of hydrogen-bond acceptors (Lipinski definition) is 8. The van der Waals surface area contributed by atoms with Crippen LogP contribution in [0.3, 0.4) is 0 Å². The third-order valence-corrected chi connectivity index (χ3v) is 5.13. The number of oxazole rings is 1. The number of benzene rings is 2. The maximum atomic E-state index is 12.6. The number of nitrogens with zero attached hydrogens (tertiary/aromatic N) is 4. The van der Waals surface area contributed by atoms with E-state index >= 15 is 0 Å². The van der Waals surface area contributed by atoms with Crippen molar-refractivity contribution in [2.75, 3.05) is 25.3 Å². The molecular weight excluding hydrogens is 424 g/mol. The second-order valence-electron chi connectivity index (χ2n) is 7.39. The van der Waals surface area contributed by atoms with E-state index in [-0.39, 0.29) is 18.1 Å². The van der Waals surface area contributed by atoms with Gasteiger partial charge in [0.25, 0.3) is 5.91 Å². The van der Waals surface area contributed by atoms with Crippen molar-refractivity contribution in [3.63, 3.8) is 0 Å². The van der Waals surface area contributed by atoms with Crippen molar-refractivity contribution < 1.29 is 18.7 Å². The van der Waals surface area contributed by atoms with E-state index in [1.54, 1.807) is 33.3 Å². The summed E-state index contributed by atoms with van der Waals surface area (Å²) in [5, 5.41) is 10.7. The number of rotatable bonds is 7. The van der Waals surface area contributed by atoms with Crippen molar-refractivity contribution in [1.82, 2.24) is 20.0 Å². The van der Waals surface area contributed by atoms with Gasteiger partial charge in [0.2, 0.25) is 5.89 Å². The molecule has 0 bridgehead atoms. The van der Waals surface area contributed by atoms with E-state index < -0.39 is 5.91 Å². The standard InChI is InChI=1S/C23H24N6O4/c1-13-5-7-15(8-6-13)25-22(30)20-21(24)29(28-27-20)12-18-14(2)33-23(26-18)17-10-9-16(31-3)11-19(17)32-4/h5-11H,12,24H2,1-4H3,(H,25,30). The Bertz CT molecular complexity index is 1290. The SMILES string of the molecule is COc1ccc(-c2nc(Cn3nnc(C(=O)Nc4ccc(C)cc4)c3N)c(C)o2)c(OC)c1. The number of hydrogen-bond donors (Lipinski definition) is 2. The molecule has 2 aromatic heterocycles. The first-order valence-corrected chi connectivity index (χ1v) is 10.1. The molecule has 0 fully saturated rings. The number of amides is 1. The van der Waals surface area contributed by atoms with Crippen LogP contribution in [0.1, 0.15) is 27.5 Å². The van der Waals surface area contributed by atoms with Crippen molar-refractivity contribution in [2.24, 2.45) is 0 Å². The van der Waals surface area contributed by atoms with Crippen molar-refractivity contribution >= 4 is 17.4 Å². The van der Waals surface area contributed by atoms with Gasteiger partial charge in [-0.3, -0.25) is 4.79 Å². The van der Waals surface area contributed by atoms with Crippen molar-refractivity contribution in [3.05, 3.63) is 65.2 Å². The first kappa shape index (κ1) is 21.9. The number of anilines is 2. The van der Waals surface area contributed by atoms with Gasteiger partial charge >= 0.3 is 0 Å². The van der Waals surface area contributed by atoms with Gasteiger partial charge in [0, 0.05) is 11.8 Å². The van der Waals surface area contributed by atoms with Crippen LogP contribution in [0.4, 0.5) is 11.5 Å². The second-order valence-corrected chi connectivity index (χ2v) is 7.39. The minimum absolute atomic E-state index is 0.0359. The van der Waals surface area contributed by atoms with Crippen LogP contribution in [0.5, 0.6) is 11.5 Å². The Morgan fingerprint density at radius 2 is 1.88 bits per heavy atom. The predicted molar refractivity (Wildman–Crippen MR) is 122 cm³/mol. The molecule has 2 heterocycles. The topological polar surface area (TPSA) is 130 Å². The smallest absolute Gasteiger partial charge is 0.280 e. The van der Waals surface area contributed by atoms with E-state index in [2.05, 4.69) is 20.6 Å². The Morgan fingerprint density at radius 3 is 2.58 bits per heavy atom. The van der Waals surface area contributed by atoms with Crippen LogP contribution in [-0.2, 0) is 6.54 Å². The molecule has 10 heteroatoms. The van der Waals surface area contributed by atoms with Crippen LogP contribution in [0.25, 0.3) is 11.5 Å². The van der Waals surface area contributed by atoms with Gasteiger partial charge in [0.15, 0.2) is 11.5 Å². The molecule has 170 valence electrons. The first-order valence-electron chi connectivity index (χ1n) is 10.1.